The molecule has 8 saturated carbocycles. The van der Waals surface area contributed by atoms with Crippen molar-refractivity contribution in [1.82, 2.24) is 0 Å². The van der Waals surface area contributed by atoms with Gasteiger partial charge >= 0.3 is 0 Å². The predicted molar refractivity (Wildman–Crippen MR) is 369 cm³/mol. The molecule has 0 bridgehead atoms. The van der Waals surface area contributed by atoms with Gasteiger partial charge in [-0.25, -0.2) is 0 Å². The quantitative estimate of drug-likeness (QED) is 0.0547. The van der Waals surface area contributed by atoms with Gasteiger partial charge < -0.3 is 105 Å². The summed E-state index contributed by atoms with van der Waals surface area (Å²) in [6, 6.07) is 0. The Labute approximate surface area is 590 Å². The lowest BCUT2D eigenvalue weighted by molar-refractivity contribution is -0.378. The van der Waals surface area contributed by atoms with E-state index in [-0.39, 0.29) is 79.5 Å². The van der Waals surface area contributed by atoms with Crippen molar-refractivity contribution in [2.75, 3.05) is 19.8 Å². The fourth-order valence-electron chi connectivity index (χ4n) is 25.2. The third kappa shape index (κ3) is 13.6. The average Bonchev–Trinajstić information content (AvgIpc) is 1.67. The van der Waals surface area contributed by atoms with E-state index in [1.54, 1.807) is 0 Å². The van der Waals surface area contributed by atoms with E-state index in [2.05, 4.69) is 109 Å². The number of hydrogen-bond donors (Lipinski definition) is 15. The third-order valence-electron chi connectivity index (χ3n) is 31.1. The SMILES string of the molecule is CC(C)=CCC[C@](C)(O)[C@H]1CC[C@]2(C)[C@@H]1[C@H](O)C[C@@H]1[C@@]3(C)CC[C@H](O[C@@H]4O[C@H](CO)[C@@H](O)[C@H](O)[C@H]4O)C(C)(C)[C@@H]3CC[C@]12C.CC(C)=CCC[C@](C)(O)[C@H]1CC[C@]2(C)[C@@H]1[C@H](O)C[C@@H]1[C@@]3(C)CC[C@H](O[C@@H]4O[C@H](CO)[C@@H](O)[C@H](O)[C@H]4O[C@@H]4O[C@H](CO)[C@@H](O)[C@H](O)[C@H]4O)C(C)(C)[C@@H]3CC[C@]12C. The van der Waals surface area contributed by atoms with Crippen molar-refractivity contribution in [3.8, 4) is 0 Å². The number of rotatable bonds is 17. The zero-order chi connectivity index (χ0) is 73.2. The second-order valence-corrected chi connectivity index (χ2v) is 37.4. The van der Waals surface area contributed by atoms with Crippen molar-refractivity contribution in [2.24, 2.45) is 90.7 Å². The van der Waals surface area contributed by atoms with Gasteiger partial charge in [0.2, 0.25) is 0 Å². The molecule has 0 unspecified atom stereocenters. The van der Waals surface area contributed by atoms with Crippen LogP contribution >= 0.6 is 0 Å². The molecule has 11 fully saturated rings. The number of allylic oxidation sites excluding steroid dienone is 4. The van der Waals surface area contributed by atoms with Gasteiger partial charge in [-0.15, -0.1) is 0 Å². The summed E-state index contributed by atoms with van der Waals surface area (Å²) in [5.74, 6) is 1.24. The first-order valence-corrected chi connectivity index (χ1v) is 38.2. The van der Waals surface area contributed by atoms with E-state index in [1.165, 1.54) is 11.1 Å². The molecule has 3 aliphatic heterocycles. The number of aliphatic hydroxyl groups is 15. The summed E-state index contributed by atoms with van der Waals surface area (Å²) in [4.78, 5) is 0. The molecule has 0 aromatic rings. The standard InChI is InChI=1S/C42H72O13.C36H62O8/c1-21(2)10-9-14-42(8,51)22-11-16-41(7)29(22)23(45)18-27-39(5)15-13-28(38(3,4)26(39)12-17-40(27,41)6)54-37-35(33(49)31(47)25(20-44)53-37)55-36-34(50)32(48)30(46)24(19-43)52-36;1-20(2)10-9-14-36(8,42)21-11-16-35(7)27(21)22(38)18-25-33(5)15-13-26(32(3,4)24(33)12-17-34(25,35)6)44-31-30(41)29(40)28(39)23(19-37)43-31/h10,22-37,43-51H,9,11-20H2,1-8H3;10,21-31,37-42H,9,11-19H2,1-8H3/t22-,23+,24+,25+,26-,27+,28-,29-,30+,31+,32-,33-,34+,35+,36-,37-,39-,40+,41+,42-;21-,22+,23+,24-,25+,26-,27-,28+,29-,30+,31-,33-,34+,35+,36-/m00/s1. The Balaban J connectivity index is 0.000000220. The molecule has 0 radical (unpaired) electrons. The number of ether oxygens (including phenoxy) is 6. The van der Waals surface area contributed by atoms with E-state index in [4.69, 9.17) is 28.4 Å². The highest BCUT2D eigenvalue weighted by Gasteiger charge is 2.74. The monoisotopic (exact) mass is 1410 g/mol. The Morgan fingerprint density at radius 3 is 1.10 bits per heavy atom. The molecule has 21 heteroatoms. The highest BCUT2D eigenvalue weighted by atomic mass is 16.8. The summed E-state index contributed by atoms with van der Waals surface area (Å²) >= 11 is 0. The second-order valence-electron chi connectivity index (χ2n) is 37.4. The molecule has 11 rings (SSSR count). The summed E-state index contributed by atoms with van der Waals surface area (Å²) in [5, 5.41) is 162. The average molecular weight is 1410 g/mol. The summed E-state index contributed by atoms with van der Waals surface area (Å²) in [7, 11) is 0. The molecule has 21 nitrogen and oxygen atoms in total. The van der Waals surface area contributed by atoms with Gasteiger partial charge in [0.15, 0.2) is 18.9 Å². The van der Waals surface area contributed by atoms with Gasteiger partial charge in [0, 0.05) is 0 Å². The van der Waals surface area contributed by atoms with Crippen LogP contribution in [0.2, 0.25) is 0 Å². The van der Waals surface area contributed by atoms with Crippen LogP contribution < -0.4 is 0 Å². The van der Waals surface area contributed by atoms with E-state index in [0.29, 0.717) is 37.5 Å². The Kier molecular flexibility index (Phi) is 23.5. The van der Waals surface area contributed by atoms with Crippen LogP contribution in [0.3, 0.4) is 0 Å². The topological polar surface area (TPSA) is 359 Å². The summed E-state index contributed by atoms with van der Waals surface area (Å²) in [5.41, 5.74) is -0.283. The Morgan fingerprint density at radius 1 is 0.404 bits per heavy atom. The van der Waals surface area contributed by atoms with Crippen LogP contribution in [0.15, 0.2) is 23.3 Å². The lowest BCUT2D eigenvalue weighted by Crippen LogP contribution is -2.68. The second kappa shape index (κ2) is 29.0. The van der Waals surface area contributed by atoms with Crippen molar-refractivity contribution in [1.29, 1.82) is 0 Å². The molecular formula is C78H134O21. The zero-order valence-electron chi connectivity index (χ0n) is 62.8. The lowest BCUT2D eigenvalue weighted by atomic mass is 9.35. The normalized spacial score (nSPS) is 51.8. The Morgan fingerprint density at radius 2 is 0.737 bits per heavy atom. The highest BCUT2D eigenvalue weighted by molar-refractivity contribution is 5.23. The van der Waals surface area contributed by atoms with E-state index in [1.807, 2.05) is 13.8 Å². The van der Waals surface area contributed by atoms with Gasteiger partial charge in [-0.1, -0.05) is 92.5 Å². The number of hydrogen-bond acceptors (Lipinski definition) is 21. The van der Waals surface area contributed by atoms with Crippen LogP contribution in [0.1, 0.15) is 226 Å². The molecule has 0 spiro atoms. The Bertz CT molecular complexity index is 2800. The minimum atomic E-state index is -1.75. The van der Waals surface area contributed by atoms with Crippen LogP contribution in [-0.4, -0.2) is 224 Å². The maximum atomic E-state index is 12.2. The highest BCUT2D eigenvalue weighted by Crippen LogP contribution is 2.78. The Hall–Kier alpha value is -1.36. The molecule has 99 heavy (non-hydrogen) atoms. The predicted octanol–water partition coefficient (Wildman–Crippen LogP) is 6.47. The van der Waals surface area contributed by atoms with Gasteiger partial charge in [-0.3, -0.25) is 0 Å². The molecule has 15 N–H and O–H groups in total. The largest absolute Gasteiger partial charge is 0.394 e. The molecule has 0 amide bonds. The van der Waals surface area contributed by atoms with E-state index in [9.17, 15) is 76.6 Å². The summed E-state index contributed by atoms with van der Waals surface area (Å²) < 4.78 is 36.5. The van der Waals surface area contributed by atoms with Gasteiger partial charge in [-0.05, 0) is 248 Å². The van der Waals surface area contributed by atoms with Crippen molar-refractivity contribution >= 4 is 0 Å². The first-order chi connectivity index (χ1) is 45.9. The first kappa shape index (κ1) is 80.2. The molecule has 3 saturated heterocycles. The van der Waals surface area contributed by atoms with Crippen molar-refractivity contribution < 1.29 is 105 Å². The maximum absolute atomic E-state index is 12.2. The van der Waals surface area contributed by atoms with Crippen LogP contribution in [0.5, 0.6) is 0 Å². The fraction of sp³-hybridized carbons (Fsp3) is 0.949. The van der Waals surface area contributed by atoms with Crippen LogP contribution in [0.25, 0.3) is 0 Å². The number of aliphatic hydroxyl groups excluding tert-OH is 13. The molecule has 0 aromatic heterocycles. The zero-order valence-corrected chi connectivity index (χ0v) is 62.8. The molecule has 8 aliphatic carbocycles. The van der Waals surface area contributed by atoms with Crippen molar-refractivity contribution in [3.05, 3.63) is 23.3 Å². The van der Waals surface area contributed by atoms with Gasteiger partial charge in [0.25, 0.3) is 0 Å². The fourth-order valence-corrected chi connectivity index (χ4v) is 25.2. The van der Waals surface area contributed by atoms with Crippen LogP contribution in [0, 0.1) is 90.7 Å². The molecule has 572 valence electrons. The van der Waals surface area contributed by atoms with Crippen LogP contribution in [0.4, 0.5) is 0 Å². The summed E-state index contributed by atoms with van der Waals surface area (Å²) in [6.45, 7) is 34.0. The van der Waals surface area contributed by atoms with E-state index < -0.39 is 147 Å². The molecule has 0 aromatic carbocycles. The van der Waals surface area contributed by atoms with Gasteiger partial charge in [0.05, 0.1) is 55.4 Å². The van der Waals surface area contributed by atoms with Gasteiger partial charge in [0.1, 0.15) is 73.2 Å². The lowest BCUT2D eigenvalue weighted by Gasteiger charge is -2.70. The molecule has 3 heterocycles. The maximum Gasteiger partial charge on any atom is 0.187 e. The van der Waals surface area contributed by atoms with Gasteiger partial charge in [-0.2, -0.15) is 0 Å². The minimum absolute atomic E-state index is 0.00798. The first-order valence-electron chi connectivity index (χ1n) is 38.2. The summed E-state index contributed by atoms with van der Waals surface area (Å²) in [6.07, 6.45) is -3.34. The molecular weight excluding hydrogens is 1270 g/mol. The van der Waals surface area contributed by atoms with Crippen molar-refractivity contribution in [2.45, 2.75) is 354 Å². The number of fused-ring (bicyclic) bond motifs is 10. The molecule has 11 aliphatic rings. The van der Waals surface area contributed by atoms with E-state index >= 15 is 0 Å². The van der Waals surface area contributed by atoms with Crippen molar-refractivity contribution in [3.63, 3.8) is 0 Å². The van der Waals surface area contributed by atoms with E-state index in [0.717, 1.165) is 89.9 Å². The molecule has 35 atom stereocenters. The smallest absolute Gasteiger partial charge is 0.187 e. The third-order valence-corrected chi connectivity index (χ3v) is 31.1. The van der Waals surface area contributed by atoms with Crippen LogP contribution in [-0.2, 0) is 28.4 Å². The minimum Gasteiger partial charge on any atom is -0.394 e.